The van der Waals surface area contributed by atoms with Gasteiger partial charge in [-0.2, -0.15) is 0 Å². The summed E-state index contributed by atoms with van der Waals surface area (Å²) in [7, 11) is 2.01. The first-order chi connectivity index (χ1) is 16.2. The number of fused-ring (bicyclic) bond motifs is 2. The van der Waals surface area contributed by atoms with Gasteiger partial charge in [0.2, 0.25) is 6.41 Å². The Hall–Kier alpha value is -3.93. The van der Waals surface area contributed by atoms with Gasteiger partial charge in [-0.25, -0.2) is 4.39 Å². The van der Waals surface area contributed by atoms with Crippen LogP contribution in [0, 0.1) is 5.82 Å². The van der Waals surface area contributed by atoms with Crippen LogP contribution in [0.4, 0.5) is 10.1 Å². The average Bonchev–Trinajstić information content (AvgIpc) is 3.18. The predicted molar refractivity (Wildman–Crippen MR) is 131 cm³/mol. The van der Waals surface area contributed by atoms with Crippen molar-refractivity contribution in [2.75, 3.05) is 18.5 Å². The van der Waals surface area contributed by atoms with Crippen LogP contribution in [0.5, 0.6) is 0 Å². The molecule has 1 aliphatic rings. The molecule has 1 aliphatic heterocycles. The number of hydrogen-bond donors (Lipinski definition) is 2. The van der Waals surface area contributed by atoms with Gasteiger partial charge in [0.05, 0.1) is 24.3 Å². The molecule has 5 nitrogen and oxygen atoms in total. The number of nitrogens with one attached hydrogen (secondary N) is 2. The highest BCUT2D eigenvalue weighted by molar-refractivity contribution is 6.16. The predicted octanol–water partition coefficient (Wildman–Crippen LogP) is 4.32. The Morgan fingerprint density at radius 3 is 2.64 bits per heavy atom. The fourth-order valence-electron chi connectivity index (χ4n) is 4.76. The minimum Gasteiger partial charge on any atom is -0.367 e. The van der Waals surface area contributed by atoms with Crippen molar-refractivity contribution in [1.29, 1.82) is 0 Å². The van der Waals surface area contributed by atoms with Gasteiger partial charge in [-0.05, 0) is 36.2 Å². The number of aliphatic imine (C=N–C) groups is 1. The molecule has 0 spiro atoms. The Morgan fingerprint density at radius 1 is 1.09 bits per heavy atom. The maximum atomic E-state index is 14.7. The Morgan fingerprint density at radius 2 is 1.82 bits per heavy atom. The van der Waals surface area contributed by atoms with Gasteiger partial charge in [-0.15, -0.1) is 0 Å². The van der Waals surface area contributed by atoms with Crippen LogP contribution < -0.4 is 10.2 Å². The number of likely N-dealkylation sites (N-methyl/N-ethyl adjacent to an activating group) is 1. The SMILES string of the molecule is CN1c2ccccc2C(c2ccccc2F)=NCC1C(Cc1c[nH]c2ccccc12)NC=O. The molecule has 1 amide bonds. The lowest BCUT2D eigenvalue weighted by atomic mass is 9.97. The molecule has 0 fully saturated rings. The molecule has 3 aromatic carbocycles. The van der Waals surface area contributed by atoms with Crippen molar-refractivity contribution in [3.05, 3.63) is 102 Å². The molecule has 2 unspecified atom stereocenters. The normalized spacial score (nSPS) is 16.6. The molecule has 2 atom stereocenters. The second-order valence-electron chi connectivity index (χ2n) is 8.32. The molecule has 166 valence electrons. The summed E-state index contributed by atoms with van der Waals surface area (Å²) in [6, 6.07) is 22.5. The Bertz CT molecular complexity index is 1330. The summed E-state index contributed by atoms with van der Waals surface area (Å²) in [4.78, 5) is 22.0. The number of benzodiazepines with no additional fused rings is 1. The van der Waals surface area contributed by atoms with Crippen LogP contribution in [0.2, 0.25) is 0 Å². The maximum Gasteiger partial charge on any atom is 0.207 e. The smallest absolute Gasteiger partial charge is 0.207 e. The van der Waals surface area contributed by atoms with Gasteiger partial charge in [-0.1, -0.05) is 48.5 Å². The number of carbonyl (C=O) groups is 1. The van der Waals surface area contributed by atoms with E-state index in [1.807, 2.05) is 61.8 Å². The number of rotatable bonds is 6. The van der Waals surface area contributed by atoms with Gasteiger partial charge in [0.25, 0.3) is 0 Å². The summed E-state index contributed by atoms with van der Waals surface area (Å²) in [5.41, 5.74) is 5.15. The van der Waals surface area contributed by atoms with E-state index in [-0.39, 0.29) is 17.9 Å². The zero-order chi connectivity index (χ0) is 22.8. The first-order valence-corrected chi connectivity index (χ1v) is 11.0. The summed E-state index contributed by atoms with van der Waals surface area (Å²) in [5, 5.41) is 4.17. The van der Waals surface area contributed by atoms with Crippen molar-refractivity contribution >= 4 is 28.7 Å². The number of carbonyl (C=O) groups excluding carboxylic acids is 1. The highest BCUT2D eigenvalue weighted by atomic mass is 19.1. The lowest BCUT2D eigenvalue weighted by Crippen LogP contribution is -2.51. The molecule has 1 aromatic heterocycles. The van der Waals surface area contributed by atoms with E-state index in [9.17, 15) is 9.18 Å². The quantitative estimate of drug-likeness (QED) is 0.439. The fraction of sp³-hybridized carbons (Fsp3) is 0.185. The lowest BCUT2D eigenvalue weighted by Gasteiger charge is -2.34. The third kappa shape index (κ3) is 3.89. The number of benzene rings is 3. The molecule has 2 N–H and O–H groups in total. The van der Waals surface area contributed by atoms with Gasteiger partial charge in [0, 0.05) is 41.0 Å². The number of aromatic amines is 1. The van der Waals surface area contributed by atoms with Gasteiger partial charge in [-0.3, -0.25) is 9.79 Å². The van der Waals surface area contributed by atoms with Crippen molar-refractivity contribution < 1.29 is 9.18 Å². The van der Waals surface area contributed by atoms with Gasteiger partial charge in [0.15, 0.2) is 0 Å². The standard InChI is InChI=1S/C27H25FN4O/c1-32-25-13-7-4-10-21(25)27(20-9-2-5-11-22(20)28)30-16-26(32)24(31-17-33)14-18-15-29-23-12-6-3-8-19(18)23/h2-13,15,17,24,26,29H,14,16H2,1H3,(H,31,33). The summed E-state index contributed by atoms with van der Waals surface area (Å²) in [6.45, 7) is 0.419. The van der Waals surface area contributed by atoms with Crippen LogP contribution in [-0.2, 0) is 11.2 Å². The van der Waals surface area contributed by atoms with Crippen LogP contribution in [0.25, 0.3) is 10.9 Å². The number of halogens is 1. The van der Waals surface area contributed by atoms with Crippen molar-refractivity contribution in [2.24, 2.45) is 4.99 Å². The Labute approximate surface area is 192 Å². The fourth-order valence-corrected chi connectivity index (χ4v) is 4.76. The van der Waals surface area contributed by atoms with Crippen molar-refractivity contribution in [3.8, 4) is 0 Å². The average molecular weight is 441 g/mol. The zero-order valence-electron chi connectivity index (χ0n) is 18.3. The first-order valence-electron chi connectivity index (χ1n) is 11.0. The minimum absolute atomic E-state index is 0.116. The molecule has 0 radical (unpaired) electrons. The topological polar surface area (TPSA) is 60.5 Å². The zero-order valence-corrected chi connectivity index (χ0v) is 18.3. The van der Waals surface area contributed by atoms with E-state index in [2.05, 4.69) is 21.3 Å². The lowest BCUT2D eigenvalue weighted by molar-refractivity contribution is -0.110. The number of nitrogens with zero attached hydrogens (tertiary/aromatic N) is 2. The maximum absolute atomic E-state index is 14.7. The van der Waals surface area contributed by atoms with Crippen LogP contribution in [-0.4, -0.2) is 42.8 Å². The third-order valence-corrected chi connectivity index (χ3v) is 6.46. The highest BCUT2D eigenvalue weighted by Crippen LogP contribution is 2.30. The Kier molecular flexibility index (Phi) is 5.65. The molecule has 0 bridgehead atoms. The third-order valence-electron chi connectivity index (χ3n) is 6.46. The van der Waals surface area contributed by atoms with Crippen molar-refractivity contribution in [2.45, 2.75) is 18.5 Å². The number of H-pyrrole nitrogens is 1. The Balaban J connectivity index is 1.56. The van der Waals surface area contributed by atoms with Crippen LogP contribution in [0.15, 0.2) is 84.0 Å². The molecular formula is C27H25FN4O. The molecule has 4 aromatic rings. The van der Waals surface area contributed by atoms with E-state index in [0.29, 0.717) is 24.2 Å². The van der Waals surface area contributed by atoms with E-state index in [1.165, 1.54) is 6.07 Å². The summed E-state index contributed by atoms with van der Waals surface area (Å²) in [6.07, 6.45) is 3.40. The van der Waals surface area contributed by atoms with E-state index in [1.54, 1.807) is 12.1 Å². The summed E-state index contributed by atoms with van der Waals surface area (Å²) >= 11 is 0. The number of aromatic nitrogens is 1. The molecule has 0 saturated carbocycles. The molecule has 5 rings (SSSR count). The second-order valence-corrected chi connectivity index (χ2v) is 8.32. The molecule has 0 saturated heterocycles. The minimum atomic E-state index is -0.298. The number of anilines is 1. The molecule has 2 heterocycles. The van der Waals surface area contributed by atoms with E-state index < -0.39 is 0 Å². The van der Waals surface area contributed by atoms with Gasteiger partial charge in [0.1, 0.15) is 5.82 Å². The first kappa shape index (κ1) is 20.9. The van der Waals surface area contributed by atoms with E-state index in [4.69, 9.17) is 4.99 Å². The van der Waals surface area contributed by atoms with Crippen molar-refractivity contribution in [1.82, 2.24) is 10.3 Å². The van der Waals surface area contributed by atoms with Crippen LogP contribution in [0.3, 0.4) is 0 Å². The van der Waals surface area contributed by atoms with Gasteiger partial charge >= 0.3 is 0 Å². The summed E-state index contributed by atoms with van der Waals surface area (Å²) in [5.74, 6) is -0.298. The molecule has 0 aliphatic carbocycles. The number of hydrogen-bond acceptors (Lipinski definition) is 3. The number of para-hydroxylation sites is 2. The van der Waals surface area contributed by atoms with E-state index >= 15 is 0 Å². The number of amides is 1. The van der Waals surface area contributed by atoms with Crippen molar-refractivity contribution in [3.63, 3.8) is 0 Å². The second kappa shape index (κ2) is 8.90. The summed E-state index contributed by atoms with van der Waals surface area (Å²) < 4.78 is 14.7. The molecular weight excluding hydrogens is 415 g/mol. The molecule has 33 heavy (non-hydrogen) atoms. The van der Waals surface area contributed by atoms with Gasteiger partial charge < -0.3 is 15.2 Å². The van der Waals surface area contributed by atoms with Crippen LogP contribution >= 0.6 is 0 Å². The monoisotopic (exact) mass is 440 g/mol. The largest absolute Gasteiger partial charge is 0.367 e. The molecule has 6 heteroatoms. The highest BCUT2D eigenvalue weighted by Gasteiger charge is 2.31. The van der Waals surface area contributed by atoms with E-state index in [0.717, 1.165) is 34.1 Å². The van der Waals surface area contributed by atoms with Crippen LogP contribution in [0.1, 0.15) is 16.7 Å².